The van der Waals surface area contributed by atoms with Gasteiger partial charge in [0.25, 0.3) is 0 Å². The number of likely N-dealkylation sites (tertiary alicyclic amines) is 1. The molecule has 4 nitrogen and oxygen atoms in total. The van der Waals surface area contributed by atoms with Crippen molar-refractivity contribution >= 4 is 23.5 Å². The van der Waals surface area contributed by atoms with Gasteiger partial charge in [-0.2, -0.15) is 0 Å². The lowest BCUT2D eigenvalue weighted by Gasteiger charge is -2.39. The summed E-state index contributed by atoms with van der Waals surface area (Å²) in [5, 5.41) is 10.0. The molecule has 20 heavy (non-hydrogen) atoms. The van der Waals surface area contributed by atoms with Crippen molar-refractivity contribution in [3.63, 3.8) is 0 Å². The highest BCUT2D eigenvalue weighted by Gasteiger charge is 2.40. The second kappa shape index (κ2) is 6.27. The molecule has 2 rings (SSSR count). The van der Waals surface area contributed by atoms with Crippen LogP contribution < -0.4 is 0 Å². The Hall–Kier alpha value is -1.55. The fourth-order valence-corrected chi connectivity index (χ4v) is 2.91. The molecule has 1 aromatic rings. The van der Waals surface area contributed by atoms with E-state index in [0.717, 1.165) is 12.0 Å². The number of benzene rings is 1. The van der Waals surface area contributed by atoms with Crippen LogP contribution in [0.4, 0.5) is 0 Å². The highest BCUT2D eigenvalue weighted by atomic mass is 35.5. The van der Waals surface area contributed by atoms with E-state index >= 15 is 0 Å². The molecule has 0 saturated carbocycles. The lowest BCUT2D eigenvalue weighted by molar-refractivity contribution is -0.152. The topological polar surface area (TPSA) is 57.6 Å². The van der Waals surface area contributed by atoms with Gasteiger partial charge in [-0.05, 0) is 30.5 Å². The van der Waals surface area contributed by atoms with Gasteiger partial charge in [-0.25, -0.2) is 0 Å². The number of carbonyl (C=O) groups is 2. The molecule has 1 heterocycles. The summed E-state index contributed by atoms with van der Waals surface area (Å²) in [6.45, 7) is 2.56. The predicted octanol–water partition coefficient (Wildman–Crippen LogP) is 3.11. The van der Waals surface area contributed by atoms with E-state index in [1.54, 1.807) is 17.0 Å². The van der Waals surface area contributed by atoms with E-state index in [4.69, 9.17) is 11.6 Å². The van der Waals surface area contributed by atoms with Crippen molar-refractivity contribution < 1.29 is 14.7 Å². The van der Waals surface area contributed by atoms with E-state index in [2.05, 4.69) is 0 Å². The first-order valence-electron chi connectivity index (χ1n) is 6.82. The SMILES string of the molecule is CCCN1C(=O)CCC(C(=O)O)C1c1ccc(Cl)cc1. The smallest absolute Gasteiger partial charge is 0.308 e. The molecule has 1 fully saturated rings. The van der Waals surface area contributed by atoms with Gasteiger partial charge >= 0.3 is 5.97 Å². The Morgan fingerprint density at radius 2 is 2.05 bits per heavy atom. The Balaban J connectivity index is 2.39. The van der Waals surface area contributed by atoms with Crippen LogP contribution >= 0.6 is 11.6 Å². The van der Waals surface area contributed by atoms with Crippen molar-refractivity contribution in [2.45, 2.75) is 32.2 Å². The van der Waals surface area contributed by atoms with Crippen LogP contribution in [-0.4, -0.2) is 28.4 Å². The number of rotatable bonds is 4. The van der Waals surface area contributed by atoms with Crippen molar-refractivity contribution in [2.24, 2.45) is 5.92 Å². The van der Waals surface area contributed by atoms with Crippen LogP contribution in [0.2, 0.25) is 5.02 Å². The molecule has 1 N–H and O–H groups in total. The van der Waals surface area contributed by atoms with Crippen LogP contribution in [0, 0.1) is 5.92 Å². The van der Waals surface area contributed by atoms with E-state index < -0.39 is 17.9 Å². The maximum absolute atomic E-state index is 12.1. The van der Waals surface area contributed by atoms with Gasteiger partial charge in [0.1, 0.15) is 0 Å². The summed E-state index contributed by atoms with van der Waals surface area (Å²) < 4.78 is 0. The number of piperidine rings is 1. The predicted molar refractivity (Wildman–Crippen MR) is 76.6 cm³/mol. The van der Waals surface area contributed by atoms with Crippen molar-refractivity contribution in [3.8, 4) is 0 Å². The summed E-state index contributed by atoms with van der Waals surface area (Å²) in [5.74, 6) is -1.37. The third-order valence-corrected chi connectivity index (χ3v) is 3.95. The molecule has 0 aromatic heterocycles. The highest BCUT2D eigenvalue weighted by molar-refractivity contribution is 6.30. The molecular weight excluding hydrogens is 278 g/mol. The van der Waals surface area contributed by atoms with Crippen molar-refractivity contribution in [2.75, 3.05) is 6.54 Å². The number of hydrogen-bond acceptors (Lipinski definition) is 2. The van der Waals surface area contributed by atoms with Crippen LogP contribution in [0.3, 0.4) is 0 Å². The Morgan fingerprint density at radius 3 is 2.60 bits per heavy atom. The van der Waals surface area contributed by atoms with Crippen LogP contribution in [0.1, 0.15) is 37.8 Å². The van der Waals surface area contributed by atoms with Gasteiger partial charge in [-0.15, -0.1) is 0 Å². The maximum atomic E-state index is 12.1. The molecule has 0 aliphatic carbocycles. The number of halogens is 1. The molecule has 0 bridgehead atoms. The average molecular weight is 296 g/mol. The molecule has 1 aliphatic rings. The summed E-state index contributed by atoms with van der Waals surface area (Å²) in [6.07, 6.45) is 1.50. The third-order valence-electron chi connectivity index (χ3n) is 3.70. The van der Waals surface area contributed by atoms with Crippen molar-refractivity contribution in [1.29, 1.82) is 0 Å². The van der Waals surface area contributed by atoms with E-state index in [1.807, 2.05) is 19.1 Å². The van der Waals surface area contributed by atoms with Crippen LogP contribution in [0.25, 0.3) is 0 Å². The Morgan fingerprint density at radius 1 is 1.40 bits per heavy atom. The molecule has 2 unspecified atom stereocenters. The van der Waals surface area contributed by atoms with Crippen LogP contribution in [-0.2, 0) is 9.59 Å². The first kappa shape index (κ1) is 14.9. The van der Waals surface area contributed by atoms with Crippen molar-refractivity contribution in [1.82, 2.24) is 4.90 Å². The standard InChI is InChI=1S/C15H18ClNO3/c1-2-9-17-13(18)8-7-12(15(19)20)14(17)10-3-5-11(16)6-4-10/h3-6,12,14H,2,7-9H2,1H3,(H,19,20). The zero-order valence-electron chi connectivity index (χ0n) is 11.4. The molecule has 1 aliphatic heterocycles. The highest BCUT2D eigenvalue weighted by Crippen LogP contribution is 2.37. The lowest BCUT2D eigenvalue weighted by atomic mass is 9.84. The summed E-state index contributed by atoms with van der Waals surface area (Å²) in [6, 6.07) is 6.69. The monoisotopic (exact) mass is 295 g/mol. The summed E-state index contributed by atoms with van der Waals surface area (Å²) in [5.41, 5.74) is 0.836. The van der Waals surface area contributed by atoms with Gasteiger partial charge in [0.15, 0.2) is 0 Å². The first-order chi connectivity index (χ1) is 9.54. The third kappa shape index (κ3) is 2.96. The minimum atomic E-state index is -0.849. The molecular formula is C15H18ClNO3. The number of aliphatic carboxylic acids is 1. The molecule has 1 saturated heterocycles. The van der Waals surface area contributed by atoms with Crippen LogP contribution in [0.15, 0.2) is 24.3 Å². The lowest BCUT2D eigenvalue weighted by Crippen LogP contribution is -2.45. The van der Waals surface area contributed by atoms with Crippen LogP contribution in [0.5, 0.6) is 0 Å². The van der Waals surface area contributed by atoms with Gasteiger partial charge in [0, 0.05) is 18.0 Å². The van der Waals surface area contributed by atoms with Gasteiger partial charge in [0.2, 0.25) is 5.91 Å². The molecule has 2 atom stereocenters. The zero-order chi connectivity index (χ0) is 14.7. The van der Waals surface area contributed by atoms with E-state index in [1.165, 1.54) is 0 Å². The second-order valence-corrected chi connectivity index (χ2v) is 5.50. The molecule has 1 aromatic carbocycles. The summed E-state index contributed by atoms with van der Waals surface area (Å²) in [4.78, 5) is 25.3. The number of hydrogen-bond donors (Lipinski definition) is 1. The Kier molecular flexibility index (Phi) is 4.65. The van der Waals surface area contributed by atoms with Gasteiger partial charge < -0.3 is 10.0 Å². The van der Waals surface area contributed by atoms with E-state index in [0.29, 0.717) is 24.4 Å². The van der Waals surface area contributed by atoms with E-state index in [9.17, 15) is 14.7 Å². The summed E-state index contributed by atoms with van der Waals surface area (Å²) in [7, 11) is 0. The molecule has 0 spiro atoms. The first-order valence-corrected chi connectivity index (χ1v) is 7.20. The molecule has 0 radical (unpaired) electrons. The summed E-state index contributed by atoms with van der Waals surface area (Å²) >= 11 is 5.88. The fraction of sp³-hybridized carbons (Fsp3) is 0.467. The molecule has 1 amide bonds. The normalized spacial score (nSPS) is 22.9. The van der Waals surface area contributed by atoms with E-state index in [-0.39, 0.29) is 5.91 Å². The largest absolute Gasteiger partial charge is 0.481 e. The minimum Gasteiger partial charge on any atom is -0.481 e. The fourth-order valence-electron chi connectivity index (χ4n) is 2.79. The number of carboxylic acid groups (broad SMARTS) is 1. The Bertz CT molecular complexity index is 500. The molecule has 5 heteroatoms. The molecule has 108 valence electrons. The van der Waals surface area contributed by atoms with Crippen molar-refractivity contribution in [3.05, 3.63) is 34.9 Å². The number of carboxylic acids is 1. The maximum Gasteiger partial charge on any atom is 0.308 e. The number of carbonyl (C=O) groups excluding carboxylic acids is 1. The zero-order valence-corrected chi connectivity index (χ0v) is 12.1. The van der Waals surface area contributed by atoms with Gasteiger partial charge in [-0.1, -0.05) is 30.7 Å². The number of amides is 1. The van der Waals surface area contributed by atoms with Gasteiger partial charge in [-0.3, -0.25) is 9.59 Å². The number of nitrogens with zero attached hydrogens (tertiary/aromatic N) is 1. The van der Waals surface area contributed by atoms with Gasteiger partial charge in [0.05, 0.1) is 12.0 Å². The second-order valence-electron chi connectivity index (χ2n) is 5.07. The minimum absolute atomic E-state index is 0.0318. The quantitative estimate of drug-likeness (QED) is 0.928. The Labute approximate surface area is 123 Å². The average Bonchev–Trinajstić information content (AvgIpc) is 2.42.